The molecule has 0 saturated heterocycles. The Morgan fingerprint density at radius 1 is 1.82 bits per heavy atom. The first-order valence-electron chi connectivity index (χ1n) is 2.63. The molecule has 0 aliphatic heterocycles. The monoisotopic (exact) mass is 237 g/mol. The topological polar surface area (TPSA) is 70.4 Å². The number of aliphatic hydroxyl groups excluding tert-OH is 1. The average Bonchev–Trinajstić information content (AvgIpc) is 2.34. The molecule has 1 aromatic heterocycles. The van der Waals surface area contributed by atoms with Crippen LogP contribution in [0.5, 0.6) is 0 Å². The normalized spacial score (nSPS) is 12.9. The van der Waals surface area contributed by atoms with E-state index in [1.165, 1.54) is 6.20 Å². The lowest BCUT2D eigenvalue weighted by molar-refractivity contribution is -0.146. The van der Waals surface area contributed by atoms with Crippen LogP contribution in [0, 0.1) is 0 Å². The van der Waals surface area contributed by atoms with Crippen LogP contribution in [0.1, 0.15) is 11.1 Å². The summed E-state index contributed by atoms with van der Waals surface area (Å²) in [6.45, 7) is 0. The van der Waals surface area contributed by atoms with E-state index in [0.717, 1.165) is 11.3 Å². The van der Waals surface area contributed by atoms with Crippen LogP contribution < -0.4 is 0 Å². The maximum Gasteiger partial charge on any atom is 0.339 e. The summed E-state index contributed by atoms with van der Waals surface area (Å²) in [5, 5.41) is 17.5. The van der Waals surface area contributed by atoms with Gasteiger partial charge in [-0.15, -0.1) is 11.3 Å². The number of carboxylic acid groups (broad SMARTS) is 1. The Bertz CT molecular complexity index is 274. The number of aliphatic carboxylic acids is 1. The van der Waals surface area contributed by atoms with E-state index in [-0.39, 0.29) is 5.01 Å². The first kappa shape index (κ1) is 8.63. The Morgan fingerprint density at radius 2 is 2.45 bits per heavy atom. The predicted octanol–water partition coefficient (Wildman–Crippen LogP) is 1.02. The third-order valence-corrected chi connectivity index (χ3v) is 2.49. The molecule has 0 fully saturated rings. The van der Waals surface area contributed by atoms with Gasteiger partial charge in [0.05, 0.1) is 9.98 Å². The summed E-state index contributed by atoms with van der Waals surface area (Å²) in [4.78, 5) is 13.9. The van der Waals surface area contributed by atoms with E-state index in [1.807, 2.05) is 0 Å². The first-order chi connectivity index (χ1) is 5.11. The standard InChI is InChI=1S/C5H4BrNO3S/c6-2-1-7-4(11-2)3(8)5(9)10/h1,3,8H,(H,9,10). The molecule has 0 saturated carbocycles. The highest BCUT2D eigenvalue weighted by molar-refractivity contribution is 9.11. The Morgan fingerprint density at radius 3 is 2.82 bits per heavy atom. The Hall–Kier alpha value is -0.460. The summed E-state index contributed by atoms with van der Waals surface area (Å²) in [5.41, 5.74) is 0. The summed E-state index contributed by atoms with van der Waals surface area (Å²) in [7, 11) is 0. The molecule has 0 spiro atoms. The molecule has 0 aliphatic carbocycles. The Kier molecular flexibility index (Phi) is 2.58. The molecule has 60 valence electrons. The third kappa shape index (κ3) is 1.98. The zero-order chi connectivity index (χ0) is 8.43. The number of hydrogen-bond acceptors (Lipinski definition) is 4. The molecule has 0 bridgehead atoms. The van der Waals surface area contributed by atoms with Crippen LogP contribution >= 0.6 is 27.3 Å². The molecule has 1 atom stereocenters. The van der Waals surface area contributed by atoms with Crippen molar-refractivity contribution in [3.05, 3.63) is 15.0 Å². The molecule has 6 heteroatoms. The van der Waals surface area contributed by atoms with Crippen molar-refractivity contribution in [2.45, 2.75) is 6.10 Å². The highest BCUT2D eigenvalue weighted by atomic mass is 79.9. The maximum atomic E-state index is 10.2. The molecule has 0 aromatic carbocycles. The predicted molar refractivity (Wildman–Crippen MR) is 42.4 cm³/mol. The smallest absolute Gasteiger partial charge is 0.339 e. The van der Waals surface area contributed by atoms with Gasteiger partial charge < -0.3 is 10.2 Å². The first-order valence-corrected chi connectivity index (χ1v) is 4.24. The zero-order valence-electron chi connectivity index (χ0n) is 5.19. The van der Waals surface area contributed by atoms with E-state index >= 15 is 0 Å². The number of carbonyl (C=O) groups is 1. The van der Waals surface area contributed by atoms with E-state index < -0.39 is 12.1 Å². The van der Waals surface area contributed by atoms with Crippen LogP contribution in [0.25, 0.3) is 0 Å². The third-order valence-electron chi connectivity index (χ3n) is 0.963. The van der Waals surface area contributed by atoms with Crippen molar-refractivity contribution in [1.82, 2.24) is 4.98 Å². The fourth-order valence-corrected chi connectivity index (χ4v) is 1.72. The van der Waals surface area contributed by atoms with E-state index in [0.29, 0.717) is 3.79 Å². The van der Waals surface area contributed by atoms with E-state index in [1.54, 1.807) is 0 Å². The van der Waals surface area contributed by atoms with Crippen LogP contribution in [0.3, 0.4) is 0 Å². The van der Waals surface area contributed by atoms with Crippen molar-refractivity contribution in [2.75, 3.05) is 0 Å². The van der Waals surface area contributed by atoms with Crippen LogP contribution in [0.2, 0.25) is 0 Å². The molecule has 1 aromatic rings. The lowest BCUT2D eigenvalue weighted by Gasteiger charge is -1.97. The maximum absolute atomic E-state index is 10.2. The van der Waals surface area contributed by atoms with Gasteiger partial charge in [-0.05, 0) is 15.9 Å². The van der Waals surface area contributed by atoms with Gasteiger partial charge in [-0.3, -0.25) is 0 Å². The molecular weight excluding hydrogens is 234 g/mol. The van der Waals surface area contributed by atoms with Crippen molar-refractivity contribution in [3.63, 3.8) is 0 Å². The minimum absolute atomic E-state index is 0.185. The van der Waals surface area contributed by atoms with Crippen molar-refractivity contribution in [3.8, 4) is 0 Å². The number of nitrogens with zero attached hydrogens (tertiary/aromatic N) is 1. The molecule has 0 radical (unpaired) electrons. The number of aromatic nitrogens is 1. The van der Waals surface area contributed by atoms with Gasteiger partial charge in [0, 0.05) is 0 Å². The highest BCUT2D eigenvalue weighted by Gasteiger charge is 2.18. The lowest BCUT2D eigenvalue weighted by atomic mass is 10.4. The van der Waals surface area contributed by atoms with Crippen LogP contribution in [-0.2, 0) is 4.79 Å². The van der Waals surface area contributed by atoms with Crippen molar-refractivity contribution in [2.24, 2.45) is 0 Å². The second-order valence-electron chi connectivity index (χ2n) is 1.74. The lowest BCUT2D eigenvalue weighted by Crippen LogP contribution is -2.09. The number of halogens is 1. The van der Waals surface area contributed by atoms with Gasteiger partial charge in [-0.25, -0.2) is 9.78 Å². The number of thiazole rings is 1. The van der Waals surface area contributed by atoms with Crippen molar-refractivity contribution in [1.29, 1.82) is 0 Å². The number of hydrogen-bond donors (Lipinski definition) is 2. The summed E-state index contributed by atoms with van der Waals surface area (Å²) in [6, 6.07) is 0. The number of carboxylic acids is 1. The fraction of sp³-hybridized carbons (Fsp3) is 0.200. The van der Waals surface area contributed by atoms with Crippen molar-refractivity contribution < 1.29 is 15.0 Å². The summed E-state index contributed by atoms with van der Waals surface area (Å²) in [6.07, 6.45) is -0.0575. The largest absolute Gasteiger partial charge is 0.479 e. The van der Waals surface area contributed by atoms with Crippen LogP contribution in [-0.4, -0.2) is 21.2 Å². The minimum Gasteiger partial charge on any atom is -0.479 e. The van der Waals surface area contributed by atoms with Gasteiger partial charge in [0.2, 0.25) is 6.10 Å². The van der Waals surface area contributed by atoms with Gasteiger partial charge in [-0.1, -0.05) is 0 Å². The molecule has 11 heavy (non-hydrogen) atoms. The summed E-state index contributed by atoms with van der Waals surface area (Å²) < 4.78 is 0.702. The molecule has 0 aliphatic rings. The zero-order valence-corrected chi connectivity index (χ0v) is 7.59. The Balaban J connectivity index is 2.84. The fourth-order valence-electron chi connectivity index (χ4n) is 0.499. The van der Waals surface area contributed by atoms with Crippen molar-refractivity contribution >= 4 is 33.2 Å². The number of rotatable bonds is 2. The molecular formula is C5H4BrNO3S. The van der Waals surface area contributed by atoms with Gasteiger partial charge in [-0.2, -0.15) is 0 Å². The Labute approximate surface area is 74.6 Å². The molecule has 1 unspecified atom stereocenters. The van der Waals surface area contributed by atoms with E-state index in [4.69, 9.17) is 10.2 Å². The molecule has 1 rings (SSSR count). The second kappa shape index (κ2) is 3.29. The minimum atomic E-state index is -1.51. The number of aliphatic hydroxyl groups is 1. The highest BCUT2D eigenvalue weighted by Crippen LogP contribution is 2.24. The SMILES string of the molecule is O=C(O)C(O)c1ncc(Br)s1. The van der Waals surface area contributed by atoms with E-state index in [9.17, 15) is 4.79 Å². The second-order valence-corrected chi connectivity index (χ2v) is 4.18. The van der Waals surface area contributed by atoms with E-state index in [2.05, 4.69) is 20.9 Å². The summed E-state index contributed by atoms with van der Waals surface area (Å²) in [5.74, 6) is -1.29. The molecule has 4 nitrogen and oxygen atoms in total. The molecule has 2 N–H and O–H groups in total. The summed E-state index contributed by atoms with van der Waals surface area (Å²) >= 11 is 4.20. The van der Waals surface area contributed by atoms with Crippen LogP contribution in [0.15, 0.2) is 9.98 Å². The van der Waals surface area contributed by atoms with Gasteiger partial charge in [0.15, 0.2) is 0 Å². The average molecular weight is 238 g/mol. The van der Waals surface area contributed by atoms with Crippen LogP contribution in [0.4, 0.5) is 0 Å². The molecule has 1 heterocycles. The quantitative estimate of drug-likeness (QED) is 0.806. The van der Waals surface area contributed by atoms with Gasteiger partial charge in [0.25, 0.3) is 0 Å². The van der Waals surface area contributed by atoms with Gasteiger partial charge >= 0.3 is 5.97 Å². The molecule has 0 amide bonds. The van der Waals surface area contributed by atoms with Gasteiger partial charge in [0.1, 0.15) is 5.01 Å².